The van der Waals surface area contributed by atoms with Crippen molar-refractivity contribution in [3.8, 4) is 0 Å². The van der Waals surface area contributed by atoms with Crippen LogP contribution in [0, 0.1) is 0 Å². The maximum atomic E-state index is 12.1. The summed E-state index contributed by atoms with van der Waals surface area (Å²) in [6.45, 7) is 3.10. The van der Waals surface area contributed by atoms with Crippen molar-refractivity contribution in [3.05, 3.63) is 72.2 Å². The zero-order chi connectivity index (χ0) is 17.6. The fraction of sp³-hybridized carbons (Fsp3) is 0.150. The SMILES string of the molecule is CC(=O)N(O)C(C)(c1coc2ccccc12)c1coc2ccccc12. The van der Waals surface area contributed by atoms with E-state index in [2.05, 4.69) is 0 Å². The lowest BCUT2D eigenvalue weighted by Gasteiger charge is -2.35. The van der Waals surface area contributed by atoms with Gasteiger partial charge >= 0.3 is 0 Å². The molecule has 2 aromatic carbocycles. The van der Waals surface area contributed by atoms with Gasteiger partial charge in [-0.3, -0.25) is 10.0 Å². The van der Waals surface area contributed by atoms with Crippen molar-refractivity contribution in [2.24, 2.45) is 0 Å². The molecule has 25 heavy (non-hydrogen) atoms. The van der Waals surface area contributed by atoms with Gasteiger partial charge in [0.25, 0.3) is 0 Å². The van der Waals surface area contributed by atoms with Gasteiger partial charge < -0.3 is 8.83 Å². The first-order valence-electron chi connectivity index (χ1n) is 7.96. The molecule has 0 bridgehead atoms. The summed E-state index contributed by atoms with van der Waals surface area (Å²) in [6, 6.07) is 15.1. The molecule has 0 spiro atoms. The van der Waals surface area contributed by atoms with Gasteiger partial charge in [-0.15, -0.1) is 0 Å². The third-order valence-electron chi connectivity index (χ3n) is 4.73. The van der Waals surface area contributed by atoms with E-state index in [1.807, 2.05) is 48.5 Å². The van der Waals surface area contributed by atoms with Crippen molar-refractivity contribution in [3.63, 3.8) is 0 Å². The van der Waals surface area contributed by atoms with Crippen LogP contribution in [0.1, 0.15) is 25.0 Å². The lowest BCUT2D eigenvalue weighted by Crippen LogP contribution is -2.45. The second kappa shape index (κ2) is 5.50. The Kier molecular flexibility index (Phi) is 3.40. The number of hydrogen-bond donors (Lipinski definition) is 1. The fourth-order valence-corrected chi connectivity index (χ4v) is 3.40. The van der Waals surface area contributed by atoms with Gasteiger partial charge in [-0.1, -0.05) is 36.4 Å². The fourth-order valence-electron chi connectivity index (χ4n) is 3.40. The van der Waals surface area contributed by atoms with Crippen LogP contribution in [0.5, 0.6) is 0 Å². The molecule has 5 nitrogen and oxygen atoms in total. The Labute approximate surface area is 144 Å². The molecule has 5 heteroatoms. The summed E-state index contributed by atoms with van der Waals surface area (Å²) in [7, 11) is 0. The molecular weight excluding hydrogens is 318 g/mol. The number of carbonyl (C=O) groups excluding carboxylic acids is 1. The highest BCUT2D eigenvalue weighted by Crippen LogP contribution is 2.43. The number of furan rings is 2. The Bertz CT molecular complexity index is 1000. The number of hydrogen-bond acceptors (Lipinski definition) is 4. The van der Waals surface area contributed by atoms with Crippen LogP contribution in [-0.2, 0) is 10.3 Å². The third kappa shape index (κ3) is 2.16. The normalized spacial score (nSPS) is 12.0. The lowest BCUT2D eigenvalue weighted by atomic mass is 9.83. The van der Waals surface area contributed by atoms with Gasteiger partial charge in [-0.2, -0.15) is 0 Å². The molecule has 2 aromatic heterocycles. The van der Waals surface area contributed by atoms with Crippen molar-refractivity contribution in [1.82, 2.24) is 5.06 Å². The second-order valence-electron chi connectivity index (χ2n) is 6.19. The zero-order valence-electron chi connectivity index (χ0n) is 13.9. The highest BCUT2D eigenvalue weighted by molar-refractivity contribution is 5.88. The van der Waals surface area contributed by atoms with Crippen LogP contribution in [-0.4, -0.2) is 16.2 Å². The molecule has 4 rings (SSSR count). The smallest absolute Gasteiger partial charge is 0.243 e. The summed E-state index contributed by atoms with van der Waals surface area (Å²) in [6.07, 6.45) is 3.16. The monoisotopic (exact) mass is 335 g/mol. The van der Waals surface area contributed by atoms with E-state index in [4.69, 9.17) is 8.83 Å². The molecule has 1 N–H and O–H groups in total. The Balaban J connectivity index is 2.05. The number of nitrogens with zero attached hydrogens (tertiary/aromatic N) is 1. The van der Waals surface area contributed by atoms with Crippen molar-refractivity contribution < 1.29 is 18.8 Å². The topological polar surface area (TPSA) is 66.8 Å². The van der Waals surface area contributed by atoms with E-state index < -0.39 is 11.4 Å². The summed E-state index contributed by atoms with van der Waals surface area (Å²) in [5.41, 5.74) is 1.59. The van der Waals surface area contributed by atoms with Crippen LogP contribution in [0.15, 0.2) is 69.9 Å². The highest BCUT2D eigenvalue weighted by Gasteiger charge is 2.42. The van der Waals surface area contributed by atoms with Crippen molar-refractivity contribution in [2.45, 2.75) is 19.4 Å². The second-order valence-corrected chi connectivity index (χ2v) is 6.19. The van der Waals surface area contributed by atoms with Gasteiger partial charge in [-0.05, 0) is 19.1 Å². The van der Waals surface area contributed by atoms with Gasteiger partial charge in [0, 0.05) is 28.8 Å². The largest absolute Gasteiger partial charge is 0.464 e. The molecule has 0 aliphatic heterocycles. The molecule has 0 atom stereocenters. The number of para-hydroxylation sites is 2. The van der Waals surface area contributed by atoms with Crippen LogP contribution >= 0.6 is 0 Å². The summed E-state index contributed by atoms with van der Waals surface area (Å²) in [5.74, 6) is -0.474. The van der Waals surface area contributed by atoms with Crippen LogP contribution < -0.4 is 0 Å². The molecule has 0 unspecified atom stereocenters. The summed E-state index contributed by atoms with van der Waals surface area (Å²) in [4.78, 5) is 12.1. The maximum Gasteiger partial charge on any atom is 0.243 e. The van der Waals surface area contributed by atoms with Crippen LogP contribution in [0.2, 0.25) is 0 Å². The Morgan fingerprint density at radius 3 is 1.80 bits per heavy atom. The van der Waals surface area contributed by atoms with E-state index in [-0.39, 0.29) is 0 Å². The molecule has 0 saturated heterocycles. The average molecular weight is 335 g/mol. The van der Waals surface area contributed by atoms with Crippen LogP contribution in [0.4, 0.5) is 0 Å². The van der Waals surface area contributed by atoms with Gasteiger partial charge in [0.15, 0.2) is 0 Å². The highest BCUT2D eigenvalue weighted by atomic mass is 16.5. The van der Waals surface area contributed by atoms with E-state index in [1.54, 1.807) is 19.5 Å². The first-order valence-corrected chi connectivity index (χ1v) is 7.96. The number of carbonyl (C=O) groups is 1. The van der Waals surface area contributed by atoms with Gasteiger partial charge in [0.05, 0.1) is 12.5 Å². The van der Waals surface area contributed by atoms with E-state index in [1.165, 1.54) is 6.92 Å². The molecule has 1 amide bonds. The Hall–Kier alpha value is -3.05. The van der Waals surface area contributed by atoms with E-state index in [0.29, 0.717) is 22.3 Å². The molecule has 4 aromatic rings. The minimum atomic E-state index is -1.16. The molecular formula is C20H17NO4. The van der Waals surface area contributed by atoms with E-state index in [9.17, 15) is 10.0 Å². The Morgan fingerprint density at radius 2 is 1.36 bits per heavy atom. The van der Waals surface area contributed by atoms with Crippen LogP contribution in [0.3, 0.4) is 0 Å². The third-order valence-corrected chi connectivity index (χ3v) is 4.73. The molecule has 0 saturated carbocycles. The minimum absolute atomic E-state index is 0.474. The number of amides is 1. The standard InChI is InChI=1S/C20H17NO4/c1-13(22)21(23)20(2,16-11-24-18-9-5-3-7-14(16)18)17-12-25-19-10-6-4-8-15(17)19/h3-12,23H,1-2H3. The predicted molar refractivity (Wildman–Crippen MR) is 93.2 cm³/mol. The van der Waals surface area contributed by atoms with E-state index >= 15 is 0 Å². The quantitative estimate of drug-likeness (QED) is 0.436. The number of fused-ring (bicyclic) bond motifs is 2. The maximum absolute atomic E-state index is 12.1. The predicted octanol–water partition coefficient (Wildman–Crippen LogP) is 4.68. The van der Waals surface area contributed by atoms with Crippen LogP contribution in [0.25, 0.3) is 21.9 Å². The summed E-state index contributed by atoms with van der Waals surface area (Å²) < 4.78 is 11.3. The molecule has 126 valence electrons. The number of benzene rings is 2. The molecule has 0 fully saturated rings. The molecule has 2 heterocycles. The molecule has 0 aliphatic rings. The first-order chi connectivity index (χ1) is 12.0. The minimum Gasteiger partial charge on any atom is -0.464 e. The molecule has 0 radical (unpaired) electrons. The van der Waals surface area contributed by atoms with Crippen molar-refractivity contribution in [2.75, 3.05) is 0 Å². The lowest BCUT2D eigenvalue weighted by molar-refractivity contribution is -0.184. The van der Waals surface area contributed by atoms with Crippen molar-refractivity contribution >= 4 is 27.8 Å². The molecule has 0 aliphatic carbocycles. The van der Waals surface area contributed by atoms with E-state index in [0.717, 1.165) is 15.8 Å². The Morgan fingerprint density at radius 1 is 0.920 bits per heavy atom. The first kappa shape index (κ1) is 15.5. The van der Waals surface area contributed by atoms with Gasteiger partial charge in [-0.25, -0.2) is 5.06 Å². The zero-order valence-corrected chi connectivity index (χ0v) is 13.9. The number of hydroxylamine groups is 2. The number of rotatable bonds is 3. The average Bonchev–Trinajstić information content (AvgIpc) is 3.25. The van der Waals surface area contributed by atoms with Crippen molar-refractivity contribution in [1.29, 1.82) is 0 Å². The summed E-state index contributed by atoms with van der Waals surface area (Å²) in [5, 5.41) is 13.1. The summed E-state index contributed by atoms with van der Waals surface area (Å²) >= 11 is 0. The van der Waals surface area contributed by atoms with Gasteiger partial charge in [0.1, 0.15) is 16.7 Å². The van der Waals surface area contributed by atoms with Gasteiger partial charge in [0.2, 0.25) is 5.91 Å².